The molecule has 2 N–H and O–H groups in total. The van der Waals surface area contributed by atoms with E-state index in [2.05, 4.69) is 0 Å². The number of phenols is 2. The van der Waals surface area contributed by atoms with Gasteiger partial charge < -0.3 is 10.2 Å². The fourth-order valence-corrected chi connectivity index (χ4v) is 6.30. The number of hydrogen-bond donors (Lipinski definition) is 2. The van der Waals surface area contributed by atoms with Gasteiger partial charge in [0.25, 0.3) is 0 Å². The van der Waals surface area contributed by atoms with Crippen LogP contribution in [0.5, 0.6) is 11.5 Å². The number of aromatic hydroxyl groups is 2. The van der Waals surface area contributed by atoms with Gasteiger partial charge >= 0.3 is 12.4 Å². The van der Waals surface area contributed by atoms with Gasteiger partial charge in [-0.25, -0.2) is 0 Å². The van der Waals surface area contributed by atoms with Crippen LogP contribution in [0.2, 0.25) is 0 Å². The Morgan fingerprint density at radius 3 is 0.957 bits per heavy atom. The molecule has 0 saturated carbocycles. The second kappa shape index (κ2) is 12.0. The molecule has 0 aliphatic rings. The fourth-order valence-electron chi connectivity index (χ4n) is 6.30. The topological polar surface area (TPSA) is 40.5 Å². The SMILES string of the molecule is Oc1ccc(C(c2c(-c3ccccc3)c(-c3ccccc3)c(O)c(-c3ccccc3)c2-c2ccccc2)(C(F)(F)F)C(F)(F)F)cc1. The number of hydrogen-bond acceptors (Lipinski definition) is 2. The Kier molecular flexibility index (Phi) is 8.05. The Labute approximate surface area is 266 Å². The Morgan fingerprint density at radius 1 is 0.362 bits per heavy atom. The smallest absolute Gasteiger partial charge is 0.411 e. The molecular formula is C39H26F6O2. The zero-order valence-corrected chi connectivity index (χ0v) is 24.5. The Hall–Kier alpha value is -5.50. The molecule has 0 aliphatic carbocycles. The first-order valence-corrected chi connectivity index (χ1v) is 14.5. The molecule has 0 amide bonds. The van der Waals surface area contributed by atoms with E-state index in [1.165, 1.54) is 72.8 Å². The molecule has 0 spiro atoms. The van der Waals surface area contributed by atoms with Gasteiger partial charge in [-0.2, -0.15) is 26.3 Å². The van der Waals surface area contributed by atoms with Crippen molar-refractivity contribution in [1.29, 1.82) is 0 Å². The van der Waals surface area contributed by atoms with Crippen LogP contribution in [-0.4, -0.2) is 22.6 Å². The van der Waals surface area contributed by atoms with Crippen LogP contribution in [0.25, 0.3) is 44.5 Å². The van der Waals surface area contributed by atoms with Gasteiger partial charge in [-0.3, -0.25) is 0 Å². The average molecular weight is 641 g/mol. The van der Waals surface area contributed by atoms with Gasteiger partial charge in [0, 0.05) is 11.1 Å². The summed E-state index contributed by atoms with van der Waals surface area (Å²) in [5.74, 6) is -0.980. The third kappa shape index (κ3) is 5.29. The molecule has 6 aromatic rings. The van der Waals surface area contributed by atoms with E-state index < -0.39 is 51.5 Å². The first-order valence-electron chi connectivity index (χ1n) is 14.5. The summed E-state index contributed by atoms with van der Waals surface area (Å²) in [7, 11) is 0. The van der Waals surface area contributed by atoms with Gasteiger partial charge in [0.05, 0.1) is 0 Å². The maximum atomic E-state index is 16.1. The third-order valence-electron chi connectivity index (χ3n) is 8.25. The molecule has 6 aromatic carbocycles. The highest BCUT2D eigenvalue weighted by molar-refractivity contribution is 6.04. The van der Waals surface area contributed by atoms with Crippen LogP contribution in [0.4, 0.5) is 26.3 Å². The van der Waals surface area contributed by atoms with Crippen molar-refractivity contribution in [3.05, 3.63) is 157 Å². The van der Waals surface area contributed by atoms with Gasteiger partial charge in [0.1, 0.15) is 11.5 Å². The molecule has 0 heterocycles. The van der Waals surface area contributed by atoms with Crippen molar-refractivity contribution >= 4 is 0 Å². The summed E-state index contributed by atoms with van der Waals surface area (Å²) in [6.45, 7) is 0. The molecule has 0 aliphatic heterocycles. The van der Waals surface area contributed by atoms with Crippen LogP contribution in [0, 0.1) is 0 Å². The van der Waals surface area contributed by atoms with Crippen LogP contribution >= 0.6 is 0 Å². The van der Waals surface area contributed by atoms with Crippen molar-refractivity contribution in [2.24, 2.45) is 0 Å². The van der Waals surface area contributed by atoms with Crippen molar-refractivity contribution in [3.8, 4) is 56.0 Å². The maximum absolute atomic E-state index is 16.1. The average Bonchev–Trinajstić information content (AvgIpc) is 3.06. The molecule has 0 radical (unpaired) electrons. The van der Waals surface area contributed by atoms with Crippen LogP contribution < -0.4 is 0 Å². The minimum absolute atomic E-state index is 0.0325. The Balaban J connectivity index is 2.03. The first kappa shape index (κ1) is 31.5. The normalized spacial score (nSPS) is 12.2. The number of alkyl halides is 6. The molecule has 47 heavy (non-hydrogen) atoms. The van der Waals surface area contributed by atoms with E-state index in [1.54, 1.807) is 48.5 Å². The van der Waals surface area contributed by atoms with Crippen LogP contribution in [-0.2, 0) is 5.41 Å². The lowest BCUT2D eigenvalue weighted by atomic mass is 9.65. The van der Waals surface area contributed by atoms with E-state index in [0.29, 0.717) is 12.1 Å². The van der Waals surface area contributed by atoms with E-state index in [1.807, 2.05) is 0 Å². The number of benzene rings is 6. The quantitative estimate of drug-likeness (QED) is 0.178. The Morgan fingerprint density at radius 2 is 0.660 bits per heavy atom. The first-order chi connectivity index (χ1) is 22.5. The van der Waals surface area contributed by atoms with E-state index in [-0.39, 0.29) is 33.4 Å². The summed E-state index contributed by atoms with van der Waals surface area (Å²) in [4.78, 5) is 0. The molecule has 8 heteroatoms. The standard InChI is InChI=1S/C39H26F6O2/c40-38(41,42)37(39(43,44)45,29-21-23-30(46)24-22-29)35-31(25-13-5-1-6-14-25)33(27-17-9-3-10-18-27)36(47)34(28-19-11-4-12-20-28)32(35)26-15-7-2-8-16-26/h1-24,46-47H. The van der Waals surface area contributed by atoms with Crippen LogP contribution in [0.1, 0.15) is 11.1 Å². The van der Waals surface area contributed by atoms with Crippen LogP contribution in [0.15, 0.2) is 146 Å². The second-order valence-electron chi connectivity index (χ2n) is 11.0. The molecule has 0 aromatic heterocycles. The van der Waals surface area contributed by atoms with Gasteiger partial charge in [-0.05, 0) is 56.6 Å². The van der Waals surface area contributed by atoms with Crippen molar-refractivity contribution in [2.45, 2.75) is 17.8 Å². The molecule has 0 atom stereocenters. The van der Waals surface area contributed by atoms with Gasteiger partial charge in [0.15, 0.2) is 0 Å². The van der Waals surface area contributed by atoms with Gasteiger partial charge in [-0.15, -0.1) is 0 Å². The summed E-state index contributed by atoms with van der Waals surface area (Å²) < 4.78 is 96.4. The molecule has 236 valence electrons. The Bertz CT molecular complexity index is 1870. The predicted octanol–water partition coefficient (Wildman–Crippen LogP) is 11.2. The summed E-state index contributed by atoms with van der Waals surface area (Å²) in [5.41, 5.74) is -7.66. The van der Waals surface area contributed by atoms with E-state index >= 15 is 26.3 Å². The lowest BCUT2D eigenvalue weighted by Gasteiger charge is -2.42. The number of rotatable bonds is 6. The lowest BCUT2D eigenvalue weighted by Crippen LogP contribution is -2.55. The summed E-state index contributed by atoms with van der Waals surface area (Å²) >= 11 is 0. The third-order valence-corrected chi connectivity index (χ3v) is 8.25. The minimum Gasteiger partial charge on any atom is -0.508 e. The summed E-state index contributed by atoms with van der Waals surface area (Å²) in [6, 6.07) is 33.7. The summed E-state index contributed by atoms with van der Waals surface area (Å²) in [6.07, 6.45) is -12.0. The van der Waals surface area contributed by atoms with Crippen molar-refractivity contribution in [2.75, 3.05) is 0 Å². The predicted molar refractivity (Wildman–Crippen MR) is 171 cm³/mol. The summed E-state index contributed by atoms with van der Waals surface area (Å²) in [5, 5.41) is 22.3. The highest BCUT2D eigenvalue weighted by atomic mass is 19.4. The van der Waals surface area contributed by atoms with Gasteiger partial charge in [0.2, 0.25) is 5.41 Å². The minimum atomic E-state index is -5.98. The molecule has 2 nitrogen and oxygen atoms in total. The fraction of sp³-hybridized carbons (Fsp3) is 0.0769. The zero-order valence-electron chi connectivity index (χ0n) is 24.5. The molecule has 0 bridgehead atoms. The van der Waals surface area contributed by atoms with Crippen molar-refractivity contribution in [1.82, 2.24) is 0 Å². The van der Waals surface area contributed by atoms with E-state index in [9.17, 15) is 10.2 Å². The van der Waals surface area contributed by atoms with E-state index in [0.717, 1.165) is 12.1 Å². The monoisotopic (exact) mass is 640 g/mol. The lowest BCUT2D eigenvalue weighted by molar-refractivity contribution is -0.288. The largest absolute Gasteiger partial charge is 0.508 e. The number of halogens is 6. The van der Waals surface area contributed by atoms with Crippen molar-refractivity contribution < 1.29 is 36.6 Å². The second-order valence-corrected chi connectivity index (χ2v) is 11.0. The maximum Gasteiger partial charge on any atom is 0.411 e. The van der Waals surface area contributed by atoms with Crippen molar-refractivity contribution in [3.63, 3.8) is 0 Å². The highest BCUT2D eigenvalue weighted by Crippen LogP contribution is 2.64. The number of phenolic OH excluding ortho intramolecular Hbond substituents is 2. The molecule has 0 fully saturated rings. The molecule has 0 saturated heterocycles. The zero-order chi connectivity index (χ0) is 33.4. The van der Waals surface area contributed by atoms with Gasteiger partial charge in [-0.1, -0.05) is 133 Å². The molecule has 6 rings (SSSR count). The van der Waals surface area contributed by atoms with E-state index in [4.69, 9.17) is 0 Å². The van der Waals surface area contributed by atoms with Crippen LogP contribution in [0.3, 0.4) is 0 Å². The molecule has 0 unspecified atom stereocenters. The highest BCUT2D eigenvalue weighted by Gasteiger charge is 2.74. The molecular weight excluding hydrogens is 614 g/mol.